The zero-order valence-corrected chi connectivity index (χ0v) is 6.70. The van der Waals surface area contributed by atoms with Crippen LogP contribution in [0.2, 0.25) is 0 Å². The van der Waals surface area contributed by atoms with E-state index < -0.39 is 4.74 Å². The maximum atomic E-state index is 8.19. The Balaban J connectivity index is 3.36. The van der Waals surface area contributed by atoms with Crippen LogP contribution >= 0.6 is 27.2 Å². The van der Waals surface area contributed by atoms with Gasteiger partial charge in [-0.15, -0.1) is 0 Å². The van der Waals surface area contributed by atoms with E-state index in [2.05, 4.69) is 11.8 Å². The lowest BCUT2D eigenvalue weighted by atomic mass is 10.9. The Kier molecular flexibility index (Phi) is 3.82. The van der Waals surface area contributed by atoms with Crippen molar-refractivity contribution in [2.45, 2.75) is 0 Å². The number of hydrogen-bond donors (Lipinski definition) is 1. The maximum Gasteiger partial charge on any atom is 0.122 e. The highest BCUT2D eigenvalue weighted by atomic mass is 35.9. The van der Waals surface area contributed by atoms with Crippen LogP contribution in [0.1, 0.15) is 0 Å². The Labute approximate surface area is 57.2 Å². The van der Waals surface area contributed by atoms with Crippen LogP contribution in [0.3, 0.4) is 0 Å². The van der Waals surface area contributed by atoms with Crippen molar-refractivity contribution in [2.24, 2.45) is 0 Å². The summed E-state index contributed by atoms with van der Waals surface area (Å²) in [6.45, 7) is -0.00965. The molecule has 0 amide bonds. The summed E-state index contributed by atoms with van der Waals surface area (Å²) in [5.41, 5.74) is 0. The molecule has 0 fully saturated rings. The fraction of sp³-hybridized carbons (Fsp3) is 1.00. The van der Waals surface area contributed by atoms with E-state index in [0.29, 0.717) is 6.16 Å². The first-order chi connectivity index (χ1) is 3.06. The predicted octanol–water partition coefficient (Wildman–Crippen LogP) is 1.77. The van der Waals surface area contributed by atoms with E-state index in [9.17, 15) is 0 Å². The Bertz CT molecular complexity index is 89.7. The highest BCUT2D eigenvalue weighted by Gasteiger charge is 2.04. The third kappa shape index (κ3) is 7.19. The van der Waals surface area contributed by atoms with Crippen LogP contribution in [-0.2, 0) is 11.8 Å². The zero-order chi connectivity index (χ0) is 5.91. The number of hydrogen-bond acceptors (Lipinski definition) is 2. The van der Waals surface area contributed by atoms with E-state index in [1.807, 2.05) is 0 Å². The van der Waals surface area contributed by atoms with Crippen LogP contribution in [-0.4, -0.2) is 17.9 Å². The van der Waals surface area contributed by atoms with Gasteiger partial charge in [-0.1, -0.05) is 34.3 Å². The third-order valence-electron chi connectivity index (χ3n) is 0.360. The molecule has 1 N–H and O–H groups in total. The minimum absolute atomic E-state index is 0.00965. The molecule has 0 spiro atoms. The van der Waals surface area contributed by atoms with Gasteiger partial charge in [-0.25, -0.2) is 0 Å². The molecular weight excluding hydrogens is 174 g/mol. The summed E-state index contributed by atoms with van der Waals surface area (Å²) in [4.78, 5) is 0. The van der Waals surface area contributed by atoms with Gasteiger partial charge >= 0.3 is 0 Å². The van der Waals surface area contributed by atoms with Gasteiger partial charge in [-0.05, 0) is 0 Å². The average Bonchev–Trinajstić information content (AvgIpc) is 1.30. The van der Waals surface area contributed by atoms with E-state index >= 15 is 0 Å². The molecule has 0 saturated carbocycles. The lowest BCUT2D eigenvalue weighted by molar-refractivity contribution is 0.322. The number of halogens is 2. The van der Waals surface area contributed by atoms with Gasteiger partial charge in [0.1, 0.15) is 4.74 Å². The second-order valence-electron chi connectivity index (χ2n) is 1.02. The summed E-state index contributed by atoms with van der Waals surface area (Å²) in [6, 6.07) is 0. The molecule has 0 aliphatic carbocycles. The molecule has 0 rings (SSSR count). The highest BCUT2D eigenvalue weighted by molar-refractivity contribution is 8.39. The molecule has 7 heavy (non-hydrogen) atoms. The van der Waals surface area contributed by atoms with Crippen LogP contribution in [0, 0.1) is 0 Å². The molecule has 5 heteroatoms. The van der Waals surface area contributed by atoms with Gasteiger partial charge in [-0.3, -0.25) is 0 Å². The topological polar surface area (TPSA) is 20.2 Å². The molecule has 0 bridgehead atoms. The first-order valence-electron chi connectivity index (χ1n) is 1.65. The van der Waals surface area contributed by atoms with Crippen LogP contribution < -0.4 is 0 Å². The summed E-state index contributed by atoms with van der Waals surface area (Å²) >= 11 is 15.3. The monoisotopic (exact) mass is 178 g/mol. The van der Waals surface area contributed by atoms with Gasteiger partial charge < -0.3 is 5.11 Å². The van der Waals surface area contributed by atoms with Crippen molar-refractivity contribution in [2.75, 3.05) is 12.8 Å². The van der Waals surface area contributed by atoms with Crippen LogP contribution in [0.4, 0.5) is 0 Å². The van der Waals surface area contributed by atoms with E-state index in [1.54, 1.807) is 0 Å². The molecule has 0 aliphatic heterocycles. The molecule has 0 radical (unpaired) electrons. The van der Waals surface area contributed by atoms with Crippen molar-refractivity contribution in [3.63, 3.8) is 0 Å². The molecule has 0 atom stereocenters. The van der Waals surface area contributed by atoms with Crippen LogP contribution in [0.25, 0.3) is 0 Å². The molecular formula is C2H5Cl2OPS. The van der Waals surface area contributed by atoms with E-state index in [1.165, 1.54) is 0 Å². The minimum atomic E-state index is -2.14. The fourth-order valence-electron chi connectivity index (χ4n) is 0.116. The van der Waals surface area contributed by atoms with Crippen LogP contribution in [0.5, 0.6) is 0 Å². The van der Waals surface area contributed by atoms with Crippen molar-refractivity contribution >= 4 is 39.0 Å². The Morgan fingerprint density at radius 1 is 1.57 bits per heavy atom. The van der Waals surface area contributed by atoms with Crippen molar-refractivity contribution in [3.8, 4) is 0 Å². The van der Waals surface area contributed by atoms with Gasteiger partial charge in [0.05, 0.1) is 0 Å². The van der Waals surface area contributed by atoms with E-state index in [4.69, 9.17) is 27.6 Å². The van der Waals surface area contributed by atoms with E-state index in [-0.39, 0.29) is 6.61 Å². The first-order valence-corrected chi connectivity index (χ1v) is 6.45. The summed E-state index contributed by atoms with van der Waals surface area (Å²) < 4.78 is -2.14. The highest BCUT2D eigenvalue weighted by Crippen LogP contribution is 2.56. The zero-order valence-electron chi connectivity index (χ0n) is 3.47. The number of aliphatic hydroxyl groups excluding tert-OH is 1. The SMILES string of the molecule is OCCP(=S)(Cl)Cl. The summed E-state index contributed by atoms with van der Waals surface area (Å²) in [5.74, 6) is 0. The molecule has 44 valence electrons. The van der Waals surface area contributed by atoms with Crippen molar-refractivity contribution < 1.29 is 5.11 Å². The van der Waals surface area contributed by atoms with Crippen LogP contribution in [0.15, 0.2) is 0 Å². The quantitative estimate of drug-likeness (QED) is 0.651. The second kappa shape index (κ2) is 3.26. The lowest BCUT2D eigenvalue weighted by Gasteiger charge is -1.97. The van der Waals surface area contributed by atoms with Gasteiger partial charge in [0.25, 0.3) is 0 Å². The average molecular weight is 179 g/mol. The summed E-state index contributed by atoms with van der Waals surface area (Å²) in [7, 11) is 0. The Morgan fingerprint density at radius 3 is 2.00 bits per heavy atom. The maximum absolute atomic E-state index is 8.19. The van der Waals surface area contributed by atoms with Crippen molar-refractivity contribution in [1.82, 2.24) is 0 Å². The number of rotatable bonds is 2. The van der Waals surface area contributed by atoms with Gasteiger partial charge in [0.2, 0.25) is 0 Å². The normalized spacial score (nSPS) is 11.9. The molecule has 0 heterocycles. The van der Waals surface area contributed by atoms with Gasteiger partial charge in [0, 0.05) is 12.8 Å². The Morgan fingerprint density at radius 2 is 2.00 bits per heavy atom. The second-order valence-corrected chi connectivity index (χ2v) is 9.66. The smallest absolute Gasteiger partial charge is 0.122 e. The largest absolute Gasteiger partial charge is 0.396 e. The van der Waals surface area contributed by atoms with Crippen molar-refractivity contribution in [1.29, 1.82) is 0 Å². The lowest BCUT2D eigenvalue weighted by Crippen LogP contribution is -1.83. The molecule has 0 aromatic rings. The molecule has 1 nitrogen and oxygen atoms in total. The van der Waals surface area contributed by atoms with E-state index in [0.717, 1.165) is 0 Å². The van der Waals surface area contributed by atoms with Crippen molar-refractivity contribution in [3.05, 3.63) is 0 Å². The number of aliphatic hydroxyl groups is 1. The summed E-state index contributed by atoms with van der Waals surface area (Å²) in [5, 5.41) is 8.19. The molecule has 0 aromatic heterocycles. The van der Waals surface area contributed by atoms with Gasteiger partial charge in [-0.2, -0.15) is 0 Å². The molecule has 0 aromatic carbocycles. The third-order valence-corrected chi connectivity index (χ3v) is 2.64. The molecule has 0 aliphatic rings. The predicted molar refractivity (Wildman–Crippen MR) is 37.9 cm³/mol. The fourth-order valence-corrected chi connectivity index (χ4v) is 1.05. The summed E-state index contributed by atoms with van der Waals surface area (Å²) in [6.07, 6.45) is 0.353. The molecule has 0 saturated heterocycles. The standard InChI is InChI=1S/C2H5Cl2OPS/c3-6(4,7)2-1-5/h5H,1-2H2. The first kappa shape index (κ1) is 8.19. The Hall–Kier alpha value is 1.19. The minimum Gasteiger partial charge on any atom is -0.396 e. The van der Waals surface area contributed by atoms with Gasteiger partial charge in [0.15, 0.2) is 0 Å². The molecule has 0 unspecified atom stereocenters.